The minimum atomic E-state index is 0.369. The lowest BCUT2D eigenvalue weighted by molar-refractivity contribution is 0.407. The van der Waals surface area contributed by atoms with E-state index in [0.717, 1.165) is 33.8 Å². The van der Waals surface area contributed by atoms with Crippen LogP contribution in [0, 0.1) is 13.8 Å². The molecule has 20 heavy (non-hydrogen) atoms. The molecule has 0 saturated heterocycles. The van der Waals surface area contributed by atoms with Crippen molar-refractivity contribution in [1.82, 2.24) is 9.97 Å². The topological polar surface area (TPSA) is 61.0 Å². The fourth-order valence-corrected chi connectivity index (χ4v) is 2.28. The smallest absolute Gasteiger partial charge is 0.122 e. The minimum absolute atomic E-state index is 0.369. The molecule has 1 aromatic heterocycles. The van der Waals surface area contributed by atoms with Crippen LogP contribution in [0.4, 0.5) is 5.69 Å². The molecule has 2 N–H and O–H groups in total. The summed E-state index contributed by atoms with van der Waals surface area (Å²) in [5.41, 5.74) is 11.6. The van der Waals surface area contributed by atoms with Gasteiger partial charge in [0.15, 0.2) is 0 Å². The van der Waals surface area contributed by atoms with E-state index in [1.54, 1.807) is 13.4 Å². The van der Waals surface area contributed by atoms with Crippen LogP contribution in [0.3, 0.4) is 0 Å². The second-order valence-corrected chi connectivity index (χ2v) is 5.29. The molecule has 0 atom stereocenters. The summed E-state index contributed by atoms with van der Waals surface area (Å²) in [6.45, 7) is 8.22. The Morgan fingerprint density at radius 1 is 1.15 bits per heavy atom. The largest absolute Gasteiger partial charge is 0.496 e. The molecule has 0 radical (unpaired) electrons. The maximum atomic E-state index is 6.12. The normalized spacial score (nSPS) is 10.9. The molecule has 0 amide bonds. The molecule has 1 aromatic carbocycles. The summed E-state index contributed by atoms with van der Waals surface area (Å²) in [5.74, 6) is 1.28. The maximum Gasteiger partial charge on any atom is 0.122 e. The van der Waals surface area contributed by atoms with Crippen LogP contribution in [0.2, 0.25) is 0 Å². The van der Waals surface area contributed by atoms with Crippen molar-refractivity contribution in [2.45, 2.75) is 33.6 Å². The average molecular weight is 271 g/mol. The number of hydrogen-bond acceptors (Lipinski definition) is 4. The highest BCUT2D eigenvalue weighted by molar-refractivity contribution is 5.77. The number of hydrogen-bond donors (Lipinski definition) is 1. The quantitative estimate of drug-likeness (QED) is 0.928. The van der Waals surface area contributed by atoms with Gasteiger partial charge < -0.3 is 10.5 Å². The summed E-state index contributed by atoms with van der Waals surface area (Å²) in [6, 6.07) is 4.17. The molecule has 2 rings (SSSR count). The molecule has 4 heteroatoms. The molecule has 1 heterocycles. The van der Waals surface area contributed by atoms with E-state index in [4.69, 9.17) is 10.5 Å². The first-order chi connectivity index (χ1) is 9.45. The molecule has 0 aliphatic carbocycles. The van der Waals surface area contributed by atoms with Crippen molar-refractivity contribution >= 4 is 5.69 Å². The molecule has 4 nitrogen and oxygen atoms in total. The van der Waals surface area contributed by atoms with Crippen LogP contribution in [0.25, 0.3) is 11.3 Å². The van der Waals surface area contributed by atoms with Crippen molar-refractivity contribution in [3.8, 4) is 17.0 Å². The number of aryl methyl sites for hydroxylation is 2. The number of methoxy groups -OCH3 is 1. The number of aromatic nitrogens is 2. The summed E-state index contributed by atoms with van der Waals surface area (Å²) in [7, 11) is 1.70. The van der Waals surface area contributed by atoms with E-state index < -0.39 is 0 Å². The number of nitrogen functional groups attached to an aromatic ring is 1. The minimum Gasteiger partial charge on any atom is -0.496 e. The third-order valence-electron chi connectivity index (χ3n) is 3.54. The standard InChI is InChI=1S/C16H21N3O/c1-9(2)12-7-13(10(3)6-14(12)20-5)16-15(17)11(4)18-8-19-16/h6-9H,17H2,1-5H3. The van der Waals surface area contributed by atoms with Crippen LogP contribution in [0.5, 0.6) is 5.75 Å². The second-order valence-electron chi connectivity index (χ2n) is 5.29. The lowest BCUT2D eigenvalue weighted by atomic mass is 9.94. The van der Waals surface area contributed by atoms with Crippen molar-refractivity contribution in [3.05, 3.63) is 35.3 Å². The van der Waals surface area contributed by atoms with Gasteiger partial charge in [-0.2, -0.15) is 0 Å². The highest BCUT2D eigenvalue weighted by Gasteiger charge is 2.15. The molecular weight excluding hydrogens is 250 g/mol. The Morgan fingerprint density at radius 2 is 1.85 bits per heavy atom. The van der Waals surface area contributed by atoms with Crippen LogP contribution in [-0.2, 0) is 0 Å². The van der Waals surface area contributed by atoms with Crippen molar-refractivity contribution in [1.29, 1.82) is 0 Å². The molecule has 0 saturated carbocycles. The lowest BCUT2D eigenvalue weighted by Gasteiger charge is -2.17. The van der Waals surface area contributed by atoms with Crippen LogP contribution in [0.1, 0.15) is 36.6 Å². The Morgan fingerprint density at radius 3 is 2.45 bits per heavy atom. The Labute approximate surface area is 120 Å². The van der Waals surface area contributed by atoms with Crippen molar-refractivity contribution in [3.63, 3.8) is 0 Å². The predicted molar refractivity (Wildman–Crippen MR) is 82.0 cm³/mol. The van der Waals surface area contributed by atoms with Gasteiger partial charge in [-0.15, -0.1) is 0 Å². The van der Waals surface area contributed by atoms with E-state index in [2.05, 4.69) is 29.9 Å². The maximum absolute atomic E-state index is 6.12. The van der Waals surface area contributed by atoms with Gasteiger partial charge >= 0.3 is 0 Å². The number of rotatable bonds is 3. The van der Waals surface area contributed by atoms with Gasteiger partial charge in [-0.05, 0) is 43.0 Å². The average Bonchev–Trinajstić information content (AvgIpc) is 2.41. The highest BCUT2D eigenvalue weighted by atomic mass is 16.5. The van der Waals surface area contributed by atoms with Gasteiger partial charge in [-0.1, -0.05) is 13.8 Å². The highest BCUT2D eigenvalue weighted by Crippen LogP contribution is 2.35. The Kier molecular flexibility index (Phi) is 3.93. The fraction of sp³-hybridized carbons (Fsp3) is 0.375. The van der Waals surface area contributed by atoms with Crippen LogP contribution < -0.4 is 10.5 Å². The number of ether oxygens (including phenoxy) is 1. The van der Waals surface area contributed by atoms with E-state index in [1.807, 2.05) is 19.9 Å². The first kappa shape index (κ1) is 14.3. The summed E-state index contributed by atoms with van der Waals surface area (Å²) >= 11 is 0. The van der Waals surface area contributed by atoms with Crippen LogP contribution >= 0.6 is 0 Å². The monoisotopic (exact) mass is 271 g/mol. The first-order valence-electron chi connectivity index (χ1n) is 6.71. The lowest BCUT2D eigenvalue weighted by Crippen LogP contribution is -2.02. The SMILES string of the molecule is COc1cc(C)c(-c2ncnc(C)c2N)cc1C(C)C. The van der Waals surface area contributed by atoms with Crippen molar-refractivity contribution in [2.75, 3.05) is 12.8 Å². The number of nitrogens with zero attached hydrogens (tertiary/aromatic N) is 2. The van der Waals surface area contributed by atoms with Gasteiger partial charge in [0.05, 0.1) is 24.2 Å². The van der Waals surface area contributed by atoms with Gasteiger partial charge in [0.25, 0.3) is 0 Å². The van der Waals surface area contributed by atoms with Crippen molar-refractivity contribution < 1.29 is 4.74 Å². The fourth-order valence-electron chi connectivity index (χ4n) is 2.28. The van der Waals surface area contributed by atoms with Crippen LogP contribution in [0.15, 0.2) is 18.5 Å². The molecule has 0 fully saturated rings. The zero-order valence-corrected chi connectivity index (χ0v) is 12.7. The molecule has 2 aromatic rings. The molecule has 0 bridgehead atoms. The van der Waals surface area contributed by atoms with Gasteiger partial charge in [0.2, 0.25) is 0 Å². The Hall–Kier alpha value is -2.10. The number of anilines is 1. The second kappa shape index (κ2) is 5.49. The van der Waals surface area contributed by atoms with Gasteiger partial charge in [0, 0.05) is 5.56 Å². The summed E-state index contributed by atoms with van der Waals surface area (Å²) < 4.78 is 5.47. The van der Waals surface area contributed by atoms with Crippen LogP contribution in [-0.4, -0.2) is 17.1 Å². The van der Waals surface area contributed by atoms with Gasteiger partial charge in [-0.25, -0.2) is 9.97 Å². The van der Waals surface area contributed by atoms with Gasteiger partial charge in [0.1, 0.15) is 12.1 Å². The third kappa shape index (κ3) is 2.46. The van der Waals surface area contributed by atoms with E-state index >= 15 is 0 Å². The van der Waals surface area contributed by atoms with E-state index in [-0.39, 0.29) is 0 Å². The molecule has 0 unspecified atom stereocenters. The molecule has 0 spiro atoms. The summed E-state index contributed by atoms with van der Waals surface area (Å²) in [6.07, 6.45) is 1.56. The van der Waals surface area contributed by atoms with Gasteiger partial charge in [-0.3, -0.25) is 0 Å². The van der Waals surface area contributed by atoms with E-state index in [0.29, 0.717) is 11.6 Å². The summed E-state index contributed by atoms with van der Waals surface area (Å²) in [4.78, 5) is 8.47. The zero-order valence-electron chi connectivity index (χ0n) is 12.7. The molecular formula is C16H21N3O. The predicted octanol–water partition coefficient (Wildman–Crippen LogP) is 3.47. The molecule has 0 aliphatic heterocycles. The van der Waals surface area contributed by atoms with E-state index in [9.17, 15) is 0 Å². The third-order valence-corrected chi connectivity index (χ3v) is 3.54. The molecule has 106 valence electrons. The zero-order chi connectivity index (χ0) is 14.9. The Bertz CT molecular complexity index is 636. The first-order valence-corrected chi connectivity index (χ1v) is 6.71. The van der Waals surface area contributed by atoms with E-state index in [1.165, 1.54) is 0 Å². The number of nitrogens with two attached hydrogens (primary N) is 1. The molecule has 0 aliphatic rings. The summed E-state index contributed by atoms with van der Waals surface area (Å²) in [5, 5.41) is 0. The van der Waals surface area contributed by atoms with Crippen molar-refractivity contribution in [2.24, 2.45) is 0 Å². The number of benzene rings is 1. The Balaban J connectivity index is 2.68.